The van der Waals surface area contributed by atoms with Crippen molar-refractivity contribution < 1.29 is 9.53 Å². The number of para-hydroxylation sites is 1. The molecule has 0 saturated carbocycles. The third-order valence-corrected chi connectivity index (χ3v) is 1.39. The molecule has 0 atom stereocenters. The quantitative estimate of drug-likeness (QED) is 0.407. The first-order valence-corrected chi connectivity index (χ1v) is 4.14. The molecule has 0 unspecified atom stereocenters. The zero-order valence-electron chi connectivity index (χ0n) is 8.32. The highest BCUT2D eigenvalue weighted by atomic mass is 16.5. The van der Waals surface area contributed by atoms with Crippen molar-refractivity contribution in [2.75, 3.05) is 0 Å². The van der Waals surface area contributed by atoms with E-state index in [1.54, 1.807) is 12.1 Å². The molecule has 74 valence electrons. The van der Waals surface area contributed by atoms with Crippen molar-refractivity contribution >= 4 is 12.0 Å². The summed E-state index contributed by atoms with van der Waals surface area (Å²) in [6, 6.07) is 7.25. The molecule has 14 heavy (non-hydrogen) atoms. The van der Waals surface area contributed by atoms with Gasteiger partial charge >= 0.3 is 5.97 Å². The van der Waals surface area contributed by atoms with Gasteiger partial charge in [0.15, 0.2) is 0 Å². The molecule has 0 aliphatic rings. The standard InChI is InChI=1S/C10H10O2.C2H4/c1-3-9-6-4-5-7-10(9)12-8(2)11;1-2/h3-7H,1H2,2H3;1-2H2. The van der Waals surface area contributed by atoms with Gasteiger partial charge in [0.25, 0.3) is 0 Å². The summed E-state index contributed by atoms with van der Waals surface area (Å²) in [6.45, 7) is 11.0. The predicted octanol–water partition coefficient (Wildman–Crippen LogP) is 3.06. The molecule has 0 radical (unpaired) electrons. The van der Waals surface area contributed by atoms with Crippen molar-refractivity contribution in [2.24, 2.45) is 0 Å². The molecule has 0 aliphatic carbocycles. The van der Waals surface area contributed by atoms with E-state index in [0.29, 0.717) is 5.75 Å². The van der Waals surface area contributed by atoms with Crippen LogP contribution in [0.5, 0.6) is 5.75 Å². The highest BCUT2D eigenvalue weighted by molar-refractivity contribution is 5.71. The van der Waals surface area contributed by atoms with Crippen molar-refractivity contribution in [3.8, 4) is 5.75 Å². The summed E-state index contributed by atoms with van der Waals surface area (Å²) in [5.41, 5.74) is 0.827. The lowest BCUT2D eigenvalue weighted by molar-refractivity contribution is -0.131. The minimum Gasteiger partial charge on any atom is -0.426 e. The third-order valence-electron chi connectivity index (χ3n) is 1.39. The van der Waals surface area contributed by atoms with Gasteiger partial charge in [0.1, 0.15) is 5.75 Å². The average molecular weight is 190 g/mol. The zero-order valence-corrected chi connectivity index (χ0v) is 8.32. The van der Waals surface area contributed by atoms with E-state index in [1.807, 2.05) is 18.2 Å². The van der Waals surface area contributed by atoms with Gasteiger partial charge in [-0.05, 0) is 6.07 Å². The van der Waals surface area contributed by atoms with Crippen LogP contribution in [0.2, 0.25) is 0 Å². The fraction of sp³-hybridized carbons (Fsp3) is 0.0833. The van der Waals surface area contributed by atoms with Crippen LogP contribution >= 0.6 is 0 Å². The maximum Gasteiger partial charge on any atom is 0.308 e. The summed E-state index contributed by atoms with van der Waals surface area (Å²) in [4.78, 5) is 10.6. The lowest BCUT2D eigenvalue weighted by Crippen LogP contribution is -2.02. The van der Waals surface area contributed by atoms with Crippen LogP contribution in [-0.2, 0) is 4.79 Å². The molecule has 0 N–H and O–H groups in total. The Morgan fingerprint density at radius 2 is 1.93 bits per heavy atom. The molecule has 0 amide bonds. The van der Waals surface area contributed by atoms with E-state index in [0.717, 1.165) is 5.56 Å². The molecular formula is C12H14O2. The van der Waals surface area contributed by atoms with Crippen LogP contribution in [0.25, 0.3) is 6.08 Å². The monoisotopic (exact) mass is 190 g/mol. The Balaban J connectivity index is 0.000000791. The van der Waals surface area contributed by atoms with E-state index in [2.05, 4.69) is 19.7 Å². The van der Waals surface area contributed by atoms with E-state index in [4.69, 9.17) is 4.74 Å². The van der Waals surface area contributed by atoms with Crippen molar-refractivity contribution in [1.29, 1.82) is 0 Å². The summed E-state index contributed by atoms with van der Waals surface area (Å²) in [7, 11) is 0. The Labute approximate surface area is 84.5 Å². The number of ether oxygens (including phenoxy) is 1. The second-order valence-corrected chi connectivity index (χ2v) is 2.34. The summed E-state index contributed by atoms with van der Waals surface area (Å²) in [6.07, 6.45) is 1.65. The first kappa shape index (κ1) is 12.2. The van der Waals surface area contributed by atoms with Crippen LogP contribution in [0, 0.1) is 0 Å². The maximum atomic E-state index is 10.6. The van der Waals surface area contributed by atoms with Gasteiger partial charge in [-0.15, -0.1) is 13.2 Å². The van der Waals surface area contributed by atoms with Crippen LogP contribution in [0.1, 0.15) is 12.5 Å². The van der Waals surface area contributed by atoms with Gasteiger partial charge in [-0.1, -0.05) is 30.9 Å². The van der Waals surface area contributed by atoms with Gasteiger partial charge in [0, 0.05) is 12.5 Å². The summed E-state index contributed by atoms with van der Waals surface area (Å²) in [5.74, 6) is 0.240. The van der Waals surface area contributed by atoms with E-state index < -0.39 is 0 Å². The molecule has 2 nitrogen and oxygen atoms in total. The van der Waals surface area contributed by atoms with Crippen molar-refractivity contribution in [1.82, 2.24) is 0 Å². The molecule has 1 rings (SSSR count). The van der Waals surface area contributed by atoms with E-state index in [-0.39, 0.29) is 5.97 Å². The van der Waals surface area contributed by atoms with Gasteiger partial charge < -0.3 is 4.74 Å². The number of benzene rings is 1. The molecule has 1 aromatic rings. The Hall–Kier alpha value is -1.83. The fourth-order valence-corrected chi connectivity index (χ4v) is 0.897. The first-order valence-electron chi connectivity index (χ1n) is 4.14. The number of hydrogen-bond donors (Lipinski definition) is 0. The van der Waals surface area contributed by atoms with Crippen LogP contribution in [0.3, 0.4) is 0 Å². The van der Waals surface area contributed by atoms with Crippen molar-refractivity contribution in [3.05, 3.63) is 49.6 Å². The second-order valence-electron chi connectivity index (χ2n) is 2.34. The van der Waals surface area contributed by atoms with Gasteiger partial charge in [0.05, 0.1) is 0 Å². The second kappa shape index (κ2) is 6.66. The average Bonchev–Trinajstić information content (AvgIpc) is 2.21. The Morgan fingerprint density at radius 1 is 1.36 bits per heavy atom. The summed E-state index contributed by atoms with van der Waals surface area (Å²) < 4.78 is 4.93. The Morgan fingerprint density at radius 3 is 2.43 bits per heavy atom. The Kier molecular flexibility index (Phi) is 5.79. The number of carbonyl (C=O) groups excluding carboxylic acids is 1. The fourth-order valence-electron chi connectivity index (χ4n) is 0.897. The normalized spacial score (nSPS) is 8.07. The lowest BCUT2D eigenvalue weighted by atomic mass is 10.2. The van der Waals surface area contributed by atoms with Crippen LogP contribution in [0.4, 0.5) is 0 Å². The smallest absolute Gasteiger partial charge is 0.308 e. The number of hydrogen-bond acceptors (Lipinski definition) is 2. The van der Waals surface area contributed by atoms with E-state index in [1.165, 1.54) is 6.92 Å². The third kappa shape index (κ3) is 3.72. The molecule has 0 heterocycles. The predicted molar refractivity (Wildman–Crippen MR) is 59.1 cm³/mol. The Bertz CT molecular complexity index is 316. The topological polar surface area (TPSA) is 26.3 Å². The molecule has 1 aromatic carbocycles. The molecule has 0 aliphatic heterocycles. The molecule has 0 saturated heterocycles. The largest absolute Gasteiger partial charge is 0.426 e. The van der Waals surface area contributed by atoms with E-state index >= 15 is 0 Å². The van der Waals surface area contributed by atoms with Gasteiger partial charge in [-0.25, -0.2) is 0 Å². The van der Waals surface area contributed by atoms with Gasteiger partial charge in [-0.3, -0.25) is 4.79 Å². The highest BCUT2D eigenvalue weighted by Gasteiger charge is 2.00. The number of carbonyl (C=O) groups is 1. The SMILES string of the molecule is C=C.C=Cc1ccccc1OC(C)=O. The molecule has 2 heteroatoms. The molecular weight excluding hydrogens is 176 g/mol. The molecule has 0 fully saturated rings. The first-order chi connectivity index (χ1) is 6.74. The maximum absolute atomic E-state index is 10.6. The van der Waals surface area contributed by atoms with Crippen LogP contribution < -0.4 is 4.74 Å². The molecule has 0 bridgehead atoms. The zero-order chi connectivity index (χ0) is 11.0. The molecule has 0 spiro atoms. The minimum absolute atomic E-state index is 0.315. The van der Waals surface area contributed by atoms with Crippen molar-refractivity contribution in [3.63, 3.8) is 0 Å². The van der Waals surface area contributed by atoms with E-state index in [9.17, 15) is 4.79 Å². The van der Waals surface area contributed by atoms with Gasteiger partial charge in [-0.2, -0.15) is 0 Å². The minimum atomic E-state index is -0.315. The molecule has 0 aromatic heterocycles. The lowest BCUT2D eigenvalue weighted by Gasteiger charge is -2.03. The summed E-state index contributed by atoms with van der Waals surface area (Å²) >= 11 is 0. The highest BCUT2D eigenvalue weighted by Crippen LogP contribution is 2.18. The van der Waals surface area contributed by atoms with Crippen LogP contribution in [0.15, 0.2) is 44.0 Å². The van der Waals surface area contributed by atoms with Crippen molar-refractivity contribution in [2.45, 2.75) is 6.92 Å². The number of esters is 1. The van der Waals surface area contributed by atoms with Crippen LogP contribution in [-0.4, -0.2) is 5.97 Å². The summed E-state index contributed by atoms with van der Waals surface area (Å²) in [5, 5.41) is 0. The van der Waals surface area contributed by atoms with Gasteiger partial charge in [0.2, 0.25) is 0 Å². The number of rotatable bonds is 2.